The van der Waals surface area contributed by atoms with Gasteiger partial charge in [0, 0.05) is 24.4 Å². The molecule has 0 bridgehead atoms. The van der Waals surface area contributed by atoms with E-state index in [0.29, 0.717) is 5.69 Å². The quantitative estimate of drug-likeness (QED) is 0.628. The van der Waals surface area contributed by atoms with E-state index < -0.39 is 24.0 Å². The van der Waals surface area contributed by atoms with E-state index in [4.69, 9.17) is 4.74 Å². The van der Waals surface area contributed by atoms with E-state index in [9.17, 15) is 18.0 Å². The second-order valence-electron chi connectivity index (χ2n) is 5.71. The van der Waals surface area contributed by atoms with Crippen LogP contribution in [-0.2, 0) is 19.8 Å². The Kier molecular flexibility index (Phi) is 5.01. The number of aryl methyl sites for hydroxylation is 2. The minimum absolute atomic E-state index is 0.0534. The average molecular weight is 397 g/mol. The Hall–Kier alpha value is -2.74. The highest BCUT2D eigenvalue weighted by molar-refractivity contribution is 7.27. The Morgan fingerprint density at radius 1 is 1.19 bits per heavy atom. The third-order valence-electron chi connectivity index (χ3n) is 3.87. The molecule has 0 amide bonds. The van der Waals surface area contributed by atoms with Crippen LogP contribution in [0.2, 0.25) is 0 Å². The molecule has 142 valence electrons. The van der Waals surface area contributed by atoms with Crippen LogP contribution in [0, 0.1) is 6.92 Å². The molecule has 7 nitrogen and oxygen atoms in total. The van der Waals surface area contributed by atoms with Gasteiger partial charge in [0.05, 0.1) is 11.3 Å². The number of aromatic nitrogens is 5. The summed E-state index contributed by atoms with van der Waals surface area (Å²) in [6.45, 7) is 1.31. The molecule has 0 N–H and O–H groups in total. The Morgan fingerprint density at radius 2 is 1.93 bits per heavy atom. The van der Waals surface area contributed by atoms with Crippen molar-refractivity contribution in [1.29, 1.82) is 0 Å². The van der Waals surface area contributed by atoms with Crippen molar-refractivity contribution in [3.8, 4) is 11.6 Å². The van der Waals surface area contributed by atoms with Crippen molar-refractivity contribution < 1.29 is 17.9 Å². The van der Waals surface area contributed by atoms with E-state index in [1.165, 1.54) is 19.2 Å². The first kappa shape index (κ1) is 19.0. The van der Waals surface area contributed by atoms with Gasteiger partial charge >= 0.3 is 11.9 Å². The van der Waals surface area contributed by atoms with E-state index >= 15 is 0 Å². The Labute approximate surface area is 154 Å². The average Bonchev–Trinajstić information content (AvgIpc) is 2.94. The number of hydrogen-bond acceptors (Lipinski definition) is 5. The van der Waals surface area contributed by atoms with Crippen molar-refractivity contribution in [2.24, 2.45) is 7.05 Å². The third kappa shape index (κ3) is 3.85. The molecule has 0 aliphatic rings. The van der Waals surface area contributed by atoms with Crippen LogP contribution in [-0.4, -0.2) is 24.8 Å². The lowest BCUT2D eigenvalue weighted by Gasteiger charge is -2.16. The molecule has 1 aromatic carbocycles. The van der Waals surface area contributed by atoms with Crippen molar-refractivity contribution in [2.75, 3.05) is 0 Å². The van der Waals surface area contributed by atoms with Crippen LogP contribution in [0.15, 0.2) is 35.1 Å². The van der Waals surface area contributed by atoms with Gasteiger partial charge in [0.25, 0.3) is 0 Å². The smallest absolute Gasteiger partial charge is 0.416 e. The molecule has 0 spiro atoms. The van der Waals surface area contributed by atoms with Crippen molar-refractivity contribution >= 4 is 14.5 Å². The number of benzene rings is 1. The van der Waals surface area contributed by atoms with E-state index in [0.717, 1.165) is 20.7 Å². The summed E-state index contributed by atoms with van der Waals surface area (Å²) in [7, 11) is 3.85. The maximum atomic E-state index is 13.5. The number of nitrogens with zero attached hydrogens (tertiary/aromatic N) is 5. The molecule has 2 aromatic heterocycles. The summed E-state index contributed by atoms with van der Waals surface area (Å²) in [5.41, 5.74) is -1.20. The standard InChI is InChI=1S/C16H15F3N5O2P/c1-9-13(27)6-7-14(20-9)26-8-10-11(16(17,18)19)4-3-5-12(10)24-15(25)23(2)21-22-24/h3-7H,8,27H2,1-2H3. The topological polar surface area (TPSA) is 74.8 Å². The van der Waals surface area contributed by atoms with Crippen LogP contribution in [0.4, 0.5) is 13.2 Å². The molecule has 2 heterocycles. The highest BCUT2D eigenvalue weighted by Crippen LogP contribution is 2.34. The zero-order valence-electron chi connectivity index (χ0n) is 14.4. The summed E-state index contributed by atoms with van der Waals surface area (Å²) in [4.78, 5) is 16.3. The summed E-state index contributed by atoms with van der Waals surface area (Å²) in [5.74, 6) is 0.174. The summed E-state index contributed by atoms with van der Waals surface area (Å²) >= 11 is 0. The van der Waals surface area contributed by atoms with Crippen molar-refractivity contribution in [1.82, 2.24) is 24.8 Å². The van der Waals surface area contributed by atoms with Gasteiger partial charge in [-0.05, 0) is 40.9 Å². The molecule has 27 heavy (non-hydrogen) atoms. The second-order valence-corrected chi connectivity index (χ2v) is 6.33. The summed E-state index contributed by atoms with van der Waals surface area (Å²) < 4.78 is 47.7. The number of tetrazole rings is 1. The van der Waals surface area contributed by atoms with Crippen molar-refractivity contribution in [2.45, 2.75) is 19.7 Å². The largest absolute Gasteiger partial charge is 0.473 e. The number of alkyl halides is 3. The second kappa shape index (κ2) is 7.11. The van der Waals surface area contributed by atoms with Crippen molar-refractivity contribution in [3.63, 3.8) is 0 Å². The number of rotatable bonds is 4. The Balaban J connectivity index is 2.06. The summed E-state index contributed by atoms with van der Waals surface area (Å²) in [5, 5.41) is 8.02. The zero-order chi connectivity index (χ0) is 19.8. The van der Waals surface area contributed by atoms with Gasteiger partial charge in [0.15, 0.2) is 0 Å². The van der Waals surface area contributed by atoms with Gasteiger partial charge in [-0.15, -0.1) is 9.24 Å². The van der Waals surface area contributed by atoms with Crippen LogP contribution in [0.1, 0.15) is 16.8 Å². The van der Waals surface area contributed by atoms with Crippen LogP contribution in [0.3, 0.4) is 0 Å². The lowest BCUT2D eigenvalue weighted by molar-refractivity contribution is -0.138. The molecule has 3 rings (SSSR count). The maximum absolute atomic E-state index is 13.5. The summed E-state index contributed by atoms with van der Waals surface area (Å²) in [6, 6.07) is 6.77. The first-order valence-electron chi connectivity index (χ1n) is 7.73. The van der Waals surface area contributed by atoms with Gasteiger partial charge in [-0.25, -0.2) is 9.78 Å². The minimum atomic E-state index is -4.63. The SMILES string of the molecule is Cc1nc(OCc2c(-n3nnn(C)c3=O)cccc2C(F)(F)F)ccc1P. The van der Waals surface area contributed by atoms with Crippen LogP contribution >= 0.6 is 9.24 Å². The molecule has 0 fully saturated rings. The predicted octanol–water partition coefficient (Wildman–Crippen LogP) is 1.77. The predicted molar refractivity (Wildman–Crippen MR) is 94.3 cm³/mol. The fourth-order valence-corrected chi connectivity index (χ4v) is 2.59. The highest BCUT2D eigenvalue weighted by Gasteiger charge is 2.35. The lowest BCUT2D eigenvalue weighted by Crippen LogP contribution is -2.24. The van der Waals surface area contributed by atoms with Crippen LogP contribution < -0.4 is 15.7 Å². The minimum Gasteiger partial charge on any atom is -0.473 e. The van der Waals surface area contributed by atoms with Gasteiger partial charge in [-0.3, -0.25) is 0 Å². The van der Waals surface area contributed by atoms with Gasteiger partial charge in [0.1, 0.15) is 6.61 Å². The molecule has 1 atom stereocenters. The molecule has 3 aromatic rings. The molecular formula is C16H15F3N5O2P. The number of pyridine rings is 1. The van der Waals surface area contributed by atoms with Crippen molar-refractivity contribution in [3.05, 3.63) is 57.6 Å². The summed E-state index contributed by atoms with van der Waals surface area (Å²) in [6.07, 6.45) is -4.63. The van der Waals surface area contributed by atoms with E-state index in [2.05, 4.69) is 24.7 Å². The molecule has 0 aliphatic carbocycles. The molecule has 0 aliphatic heterocycles. The molecule has 0 saturated heterocycles. The molecular weight excluding hydrogens is 382 g/mol. The highest BCUT2D eigenvalue weighted by atomic mass is 31.0. The molecule has 0 radical (unpaired) electrons. The number of ether oxygens (including phenoxy) is 1. The Morgan fingerprint density at radius 3 is 2.52 bits per heavy atom. The van der Waals surface area contributed by atoms with Gasteiger partial charge in [-0.1, -0.05) is 6.07 Å². The van der Waals surface area contributed by atoms with E-state index in [1.54, 1.807) is 19.1 Å². The first-order valence-corrected chi connectivity index (χ1v) is 8.30. The fraction of sp³-hybridized carbons (Fsp3) is 0.250. The Bertz CT molecular complexity index is 1050. The molecule has 1 unspecified atom stereocenters. The monoisotopic (exact) mass is 397 g/mol. The van der Waals surface area contributed by atoms with E-state index in [1.807, 2.05) is 0 Å². The van der Waals surface area contributed by atoms with Gasteiger partial charge in [-0.2, -0.15) is 22.5 Å². The van der Waals surface area contributed by atoms with Gasteiger partial charge in [0.2, 0.25) is 5.88 Å². The van der Waals surface area contributed by atoms with Crippen LogP contribution in [0.5, 0.6) is 5.88 Å². The fourth-order valence-electron chi connectivity index (χ4n) is 2.43. The van der Waals surface area contributed by atoms with Crippen LogP contribution in [0.25, 0.3) is 5.69 Å². The number of hydrogen-bond donors (Lipinski definition) is 0. The first-order chi connectivity index (χ1) is 12.7. The number of halogens is 3. The van der Waals surface area contributed by atoms with Gasteiger partial charge < -0.3 is 4.74 Å². The van der Waals surface area contributed by atoms with E-state index in [-0.39, 0.29) is 17.1 Å². The normalized spacial score (nSPS) is 11.6. The molecule has 11 heteroatoms. The third-order valence-corrected chi connectivity index (χ3v) is 4.48. The molecule has 0 saturated carbocycles. The lowest BCUT2D eigenvalue weighted by atomic mass is 10.1. The zero-order valence-corrected chi connectivity index (χ0v) is 15.5. The maximum Gasteiger partial charge on any atom is 0.416 e.